The highest BCUT2D eigenvalue weighted by Crippen LogP contribution is 2.24. The van der Waals surface area contributed by atoms with Gasteiger partial charge < -0.3 is 24.1 Å². The number of carbonyl (C=O) groups is 2. The molecule has 2 atom stereocenters. The summed E-state index contributed by atoms with van der Waals surface area (Å²) in [6.07, 6.45) is 2.60. The van der Waals surface area contributed by atoms with Gasteiger partial charge in [0.15, 0.2) is 12.2 Å². The van der Waals surface area contributed by atoms with E-state index in [9.17, 15) is 14.7 Å². The molecule has 0 saturated carbocycles. The fourth-order valence-corrected chi connectivity index (χ4v) is 3.03. The summed E-state index contributed by atoms with van der Waals surface area (Å²) >= 11 is 0. The van der Waals surface area contributed by atoms with Crippen LogP contribution >= 0.6 is 0 Å². The zero-order valence-corrected chi connectivity index (χ0v) is 16.2. The zero-order valence-electron chi connectivity index (χ0n) is 16.2. The van der Waals surface area contributed by atoms with Crippen molar-refractivity contribution in [2.45, 2.75) is 38.1 Å². The van der Waals surface area contributed by atoms with Crippen LogP contribution in [0.25, 0.3) is 0 Å². The fraction of sp³-hybridized carbons (Fsp3) is 0.364. The molecular formula is C22H24O7. The molecule has 0 amide bonds. The summed E-state index contributed by atoms with van der Waals surface area (Å²) in [6, 6.07) is 13.4. The Morgan fingerprint density at radius 1 is 1.07 bits per heavy atom. The summed E-state index contributed by atoms with van der Waals surface area (Å²) in [4.78, 5) is 24.1. The maximum atomic E-state index is 12.4. The Balaban J connectivity index is 1.61. The lowest BCUT2D eigenvalue weighted by atomic mass is 9.99. The molecule has 0 bridgehead atoms. The van der Waals surface area contributed by atoms with Gasteiger partial charge in [-0.15, -0.1) is 0 Å². The molecule has 0 unspecified atom stereocenters. The van der Waals surface area contributed by atoms with E-state index in [1.807, 2.05) is 0 Å². The van der Waals surface area contributed by atoms with Gasteiger partial charge in [0.2, 0.25) is 0 Å². The highest BCUT2D eigenvalue weighted by Gasteiger charge is 2.30. The Labute approximate surface area is 169 Å². The van der Waals surface area contributed by atoms with Gasteiger partial charge in [-0.2, -0.15) is 0 Å². The molecule has 0 aromatic heterocycles. The van der Waals surface area contributed by atoms with E-state index in [1.54, 1.807) is 55.6 Å². The first-order valence-corrected chi connectivity index (χ1v) is 9.47. The van der Waals surface area contributed by atoms with Crippen LogP contribution in [-0.4, -0.2) is 37.1 Å². The Morgan fingerprint density at radius 2 is 1.76 bits per heavy atom. The molecule has 7 nitrogen and oxygen atoms in total. The molecule has 1 saturated heterocycles. The minimum absolute atomic E-state index is 0.0210. The van der Waals surface area contributed by atoms with E-state index in [-0.39, 0.29) is 12.9 Å². The molecule has 0 aliphatic carbocycles. The van der Waals surface area contributed by atoms with Crippen molar-refractivity contribution < 1.29 is 33.6 Å². The molecule has 154 valence electrons. The second-order valence-electron chi connectivity index (χ2n) is 6.71. The van der Waals surface area contributed by atoms with E-state index in [1.165, 1.54) is 0 Å². The molecule has 0 spiro atoms. The molecule has 3 rings (SSSR count). The molecule has 1 aliphatic rings. The van der Waals surface area contributed by atoms with Crippen LogP contribution in [0.3, 0.4) is 0 Å². The van der Waals surface area contributed by atoms with Crippen molar-refractivity contribution in [3.05, 3.63) is 59.7 Å². The van der Waals surface area contributed by atoms with Crippen molar-refractivity contribution >= 4 is 11.9 Å². The number of esters is 1. The van der Waals surface area contributed by atoms with Crippen molar-refractivity contribution in [1.29, 1.82) is 0 Å². The lowest BCUT2D eigenvalue weighted by molar-refractivity contribution is -0.155. The van der Waals surface area contributed by atoms with Crippen molar-refractivity contribution in [3.8, 4) is 11.5 Å². The minimum Gasteiger partial charge on any atom is -0.497 e. The third kappa shape index (κ3) is 5.71. The zero-order chi connectivity index (χ0) is 20.6. The lowest BCUT2D eigenvalue weighted by Crippen LogP contribution is -2.25. The Kier molecular flexibility index (Phi) is 7.08. The number of carboxylic acids is 1. The highest BCUT2D eigenvalue weighted by atomic mass is 16.7. The van der Waals surface area contributed by atoms with Crippen LogP contribution in [0.4, 0.5) is 0 Å². The van der Waals surface area contributed by atoms with Gasteiger partial charge in [-0.25, -0.2) is 0 Å². The molecule has 29 heavy (non-hydrogen) atoms. The normalized spacial score (nSPS) is 17.2. The van der Waals surface area contributed by atoms with E-state index < -0.39 is 17.9 Å². The number of hydrogen-bond donors (Lipinski definition) is 1. The lowest BCUT2D eigenvalue weighted by Gasteiger charge is -2.23. The van der Waals surface area contributed by atoms with Gasteiger partial charge in [0.1, 0.15) is 18.1 Å². The molecule has 1 heterocycles. The Morgan fingerprint density at radius 3 is 2.34 bits per heavy atom. The summed E-state index contributed by atoms with van der Waals surface area (Å²) < 4.78 is 21.6. The molecular weight excluding hydrogens is 376 g/mol. The number of methoxy groups -OCH3 is 1. The van der Waals surface area contributed by atoms with Gasteiger partial charge >= 0.3 is 11.9 Å². The summed E-state index contributed by atoms with van der Waals surface area (Å²) in [6.45, 7) is 0.649. The third-order valence-corrected chi connectivity index (χ3v) is 4.64. The number of benzene rings is 2. The average molecular weight is 400 g/mol. The number of carbonyl (C=O) groups excluding carboxylic acids is 1. The van der Waals surface area contributed by atoms with Crippen LogP contribution in [0.15, 0.2) is 48.5 Å². The quantitative estimate of drug-likeness (QED) is 0.535. The van der Waals surface area contributed by atoms with Crippen LogP contribution in [0.2, 0.25) is 0 Å². The molecule has 7 heteroatoms. The van der Waals surface area contributed by atoms with Gasteiger partial charge in [0.25, 0.3) is 0 Å². The first kappa shape index (κ1) is 20.7. The summed E-state index contributed by atoms with van der Waals surface area (Å²) in [5, 5.41) is 9.52. The monoisotopic (exact) mass is 400 g/mol. The van der Waals surface area contributed by atoms with Crippen LogP contribution in [0.5, 0.6) is 11.5 Å². The number of ether oxygens (including phenoxy) is 4. The minimum atomic E-state index is -1.41. The topological polar surface area (TPSA) is 91.3 Å². The molecule has 1 aliphatic heterocycles. The number of carboxylic acid groups (broad SMARTS) is 1. The molecule has 2 aromatic rings. The predicted molar refractivity (Wildman–Crippen MR) is 104 cm³/mol. The second kappa shape index (κ2) is 9.93. The van der Waals surface area contributed by atoms with Crippen LogP contribution in [0.1, 0.15) is 36.3 Å². The largest absolute Gasteiger partial charge is 0.497 e. The average Bonchev–Trinajstić information content (AvgIpc) is 2.74. The van der Waals surface area contributed by atoms with Crippen LogP contribution in [0, 0.1) is 0 Å². The van der Waals surface area contributed by atoms with Crippen LogP contribution in [-0.2, 0) is 25.7 Å². The predicted octanol–water partition coefficient (Wildman–Crippen LogP) is 3.51. The first-order chi connectivity index (χ1) is 14.1. The van der Waals surface area contributed by atoms with Crippen LogP contribution < -0.4 is 9.47 Å². The SMILES string of the molecule is COc1ccc(COC(=O)[C@H](C(=O)O)c2ccc(O[C@H]3CCCCO3)cc2)cc1. The first-order valence-electron chi connectivity index (χ1n) is 9.47. The van der Waals surface area contributed by atoms with Crippen molar-refractivity contribution in [2.75, 3.05) is 13.7 Å². The third-order valence-electron chi connectivity index (χ3n) is 4.64. The maximum Gasteiger partial charge on any atom is 0.325 e. The second-order valence-corrected chi connectivity index (χ2v) is 6.71. The summed E-state index contributed by atoms with van der Waals surface area (Å²) in [5.74, 6) is -2.25. The smallest absolute Gasteiger partial charge is 0.325 e. The van der Waals surface area contributed by atoms with Crippen molar-refractivity contribution in [1.82, 2.24) is 0 Å². The Hall–Kier alpha value is -3.06. The molecule has 0 radical (unpaired) electrons. The maximum absolute atomic E-state index is 12.4. The van der Waals surface area contributed by atoms with Gasteiger partial charge in [0.05, 0.1) is 13.7 Å². The summed E-state index contributed by atoms with van der Waals surface area (Å²) in [7, 11) is 1.56. The fourth-order valence-electron chi connectivity index (χ4n) is 3.03. The van der Waals surface area contributed by atoms with E-state index in [0.29, 0.717) is 23.7 Å². The van der Waals surface area contributed by atoms with E-state index in [2.05, 4.69) is 0 Å². The highest BCUT2D eigenvalue weighted by molar-refractivity contribution is 5.99. The molecule has 2 aromatic carbocycles. The van der Waals surface area contributed by atoms with Gasteiger partial charge in [-0.3, -0.25) is 9.59 Å². The molecule has 1 fully saturated rings. The number of aliphatic carboxylic acids is 1. The Bertz CT molecular complexity index is 808. The van der Waals surface area contributed by atoms with Crippen molar-refractivity contribution in [3.63, 3.8) is 0 Å². The van der Waals surface area contributed by atoms with Gasteiger partial charge in [-0.1, -0.05) is 24.3 Å². The van der Waals surface area contributed by atoms with Crippen molar-refractivity contribution in [2.24, 2.45) is 0 Å². The van der Waals surface area contributed by atoms with E-state index in [0.717, 1.165) is 24.8 Å². The van der Waals surface area contributed by atoms with E-state index in [4.69, 9.17) is 18.9 Å². The molecule has 1 N–H and O–H groups in total. The van der Waals surface area contributed by atoms with Gasteiger partial charge in [-0.05, 0) is 48.2 Å². The van der Waals surface area contributed by atoms with E-state index >= 15 is 0 Å². The summed E-state index contributed by atoms with van der Waals surface area (Å²) in [5.41, 5.74) is 1.06. The standard InChI is InChI=1S/C22H24O7/c1-26-17-9-5-15(6-10-17)14-28-22(25)20(21(23)24)16-7-11-18(12-8-16)29-19-4-2-3-13-27-19/h5-12,19-20H,2-4,13-14H2,1H3,(H,23,24)/t19-,20-/m0/s1. The van der Waals surface area contributed by atoms with Gasteiger partial charge in [0, 0.05) is 6.42 Å². The number of rotatable bonds is 8. The number of hydrogen-bond acceptors (Lipinski definition) is 6.